The summed E-state index contributed by atoms with van der Waals surface area (Å²) in [6, 6.07) is 13.7. The summed E-state index contributed by atoms with van der Waals surface area (Å²) in [6.45, 7) is 2.50. The van der Waals surface area contributed by atoms with Gasteiger partial charge in [0.15, 0.2) is 5.16 Å². The van der Waals surface area contributed by atoms with Gasteiger partial charge in [-0.1, -0.05) is 36.0 Å². The molecule has 1 aromatic carbocycles. The zero-order chi connectivity index (χ0) is 20.5. The minimum Gasteiger partial charge on any atom is -0.420 e. The van der Waals surface area contributed by atoms with Crippen LogP contribution >= 0.6 is 34.4 Å². The zero-order valence-electron chi connectivity index (χ0n) is 15.9. The number of fused-ring (bicyclic) bond motifs is 1. The summed E-state index contributed by atoms with van der Waals surface area (Å²) in [4.78, 5) is 19.8. The van der Waals surface area contributed by atoms with Gasteiger partial charge in [-0.3, -0.25) is 9.36 Å². The maximum atomic E-state index is 13.2. The molecule has 0 aliphatic heterocycles. The van der Waals surface area contributed by atoms with E-state index in [0.717, 1.165) is 20.8 Å². The lowest BCUT2D eigenvalue weighted by atomic mass is 10.2. The first kappa shape index (κ1) is 19.2. The lowest BCUT2D eigenvalue weighted by molar-refractivity contribution is 0.527. The summed E-state index contributed by atoms with van der Waals surface area (Å²) in [5, 5.41) is 13.6. The number of hydrogen-bond donors (Lipinski definition) is 0. The Morgan fingerprint density at radius 3 is 2.73 bits per heavy atom. The van der Waals surface area contributed by atoms with E-state index in [9.17, 15) is 4.79 Å². The third-order valence-electron chi connectivity index (χ3n) is 4.57. The van der Waals surface area contributed by atoms with Crippen molar-refractivity contribution in [1.82, 2.24) is 19.7 Å². The summed E-state index contributed by atoms with van der Waals surface area (Å²) in [5.74, 6) is 1.43. The van der Waals surface area contributed by atoms with Crippen molar-refractivity contribution < 1.29 is 4.42 Å². The molecular formula is C21H16N4O2S3. The molecule has 0 radical (unpaired) electrons. The molecule has 0 amide bonds. The van der Waals surface area contributed by atoms with Crippen molar-refractivity contribution in [2.45, 2.75) is 24.4 Å². The highest BCUT2D eigenvalue weighted by Gasteiger charge is 2.18. The Hall–Kier alpha value is -2.75. The van der Waals surface area contributed by atoms with Crippen LogP contribution in [0.4, 0.5) is 0 Å². The first-order valence-corrected chi connectivity index (χ1v) is 12.1. The number of thioether (sulfide) groups is 1. The Balaban J connectivity index is 1.45. The standard InChI is InChI=1S/C21H16N4O2S3/c1-2-25-20(26)17-14(15-9-6-10-28-15)11-29-19(17)22-21(25)30-12-16-23-24-18(27-16)13-7-4-3-5-8-13/h3-11H,2,12H2,1H3. The highest BCUT2D eigenvalue weighted by atomic mass is 32.2. The monoisotopic (exact) mass is 452 g/mol. The minimum atomic E-state index is -0.00912. The van der Waals surface area contributed by atoms with Crippen LogP contribution in [-0.4, -0.2) is 19.7 Å². The van der Waals surface area contributed by atoms with Crippen molar-refractivity contribution in [3.8, 4) is 21.9 Å². The molecule has 0 spiro atoms. The second kappa shape index (κ2) is 8.17. The van der Waals surface area contributed by atoms with Crippen LogP contribution in [0.1, 0.15) is 12.8 Å². The number of rotatable bonds is 6. The topological polar surface area (TPSA) is 73.8 Å². The molecular weight excluding hydrogens is 436 g/mol. The molecule has 0 aliphatic carbocycles. The maximum Gasteiger partial charge on any atom is 0.263 e. The Labute approximate surface area is 184 Å². The van der Waals surface area contributed by atoms with Crippen LogP contribution in [0.5, 0.6) is 0 Å². The van der Waals surface area contributed by atoms with Gasteiger partial charge in [0.25, 0.3) is 5.56 Å². The average molecular weight is 453 g/mol. The Morgan fingerprint density at radius 1 is 1.10 bits per heavy atom. The van der Waals surface area contributed by atoms with Gasteiger partial charge in [-0.15, -0.1) is 32.9 Å². The third-order valence-corrected chi connectivity index (χ3v) is 7.31. The SMILES string of the molecule is CCn1c(SCc2nnc(-c3ccccc3)o2)nc2scc(-c3cccs3)c2c1=O. The number of aromatic nitrogens is 4. The van der Waals surface area contributed by atoms with Crippen LogP contribution in [-0.2, 0) is 12.3 Å². The lowest BCUT2D eigenvalue weighted by Crippen LogP contribution is -2.22. The molecule has 4 heterocycles. The van der Waals surface area contributed by atoms with Crippen LogP contribution in [0.2, 0.25) is 0 Å². The molecule has 0 aliphatic rings. The van der Waals surface area contributed by atoms with Crippen molar-refractivity contribution in [1.29, 1.82) is 0 Å². The van der Waals surface area contributed by atoms with E-state index in [1.807, 2.05) is 60.1 Å². The zero-order valence-corrected chi connectivity index (χ0v) is 18.4. The number of benzene rings is 1. The lowest BCUT2D eigenvalue weighted by Gasteiger charge is -2.09. The Bertz CT molecular complexity index is 1350. The summed E-state index contributed by atoms with van der Waals surface area (Å²) in [6.07, 6.45) is 0. The first-order chi connectivity index (χ1) is 14.7. The van der Waals surface area contributed by atoms with Crippen molar-refractivity contribution >= 4 is 44.7 Å². The first-order valence-electron chi connectivity index (χ1n) is 9.31. The van der Waals surface area contributed by atoms with E-state index in [4.69, 9.17) is 9.40 Å². The molecule has 0 atom stereocenters. The van der Waals surface area contributed by atoms with Crippen molar-refractivity contribution in [2.24, 2.45) is 0 Å². The van der Waals surface area contributed by atoms with Gasteiger partial charge in [-0.2, -0.15) is 0 Å². The van der Waals surface area contributed by atoms with Gasteiger partial charge in [-0.25, -0.2) is 4.98 Å². The fourth-order valence-electron chi connectivity index (χ4n) is 3.14. The van der Waals surface area contributed by atoms with Crippen LogP contribution in [0, 0.1) is 0 Å². The van der Waals surface area contributed by atoms with E-state index in [2.05, 4.69) is 10.2 Å². The molecule has 6 nitrogen and oxygen atoms in total. The molecule has 0 saturated carbocycles. The predicted molar refractivity (Wildman–Crippen MR) is 122 cm³/mol. The van der Waals surface area contributed by atoms with E-state index >= 15 is 0 Å². The number of hydrogen-bond acceptors (Lipinski definition) is 8. The summed E-state index contributed by atoms with van der Waals surface area (Å²) < 4.78 is 7.50. The number of nitrogens with zero attached hydrogens (tertiary/aromatic N) is 4. The Morgan fingerprint density at radius 2 is 1.97 bits per heavy atom. The molecule has 0 N–H and O–H groups in total. The molecule has 0 fully saturated rings. The van der Waals surface area contributed by atoms with Gasteiger partial charge in [-0.05, 0) is 30.5 Å². The molecule has 150 valence electrons. The highest BCUT2D eigenvalue weighted by Crippen LogP contribution is 2.35. The van der Waals surface area contributed by atoms with E-state index in [1.54, 1.807) is 15.9 Å². The number of thiophene rings is 2. The normalized spacial score (nSPS) is 11.4. The van der Waals surface area contributed by atoms with Gasteiger partial charge in [0.1, 0.15) is 4.83 Å². The largest absolute Gasteiger partial charge is 0.420 e. The smallest absolute Gasteiger partial charge is 0.263 e. The Kier molecular flexibility index (Phi) is 5.24. The van der Waals surface area contributed by atoms with Gasteiger partial charge >= 0.3 is 0 Å². The molecule has 5 aromatic rings. The summed E-state index contributed by atoms with van der Waals surface area (Å²) >= 11 is 4.56. The quantitative estimate of drug-likeness (QED) is 0.248. The van der Waals surface area contributed by atoms with E-state index < -0.39 is 0 Å². The molecule has 0 unspecified atom stereocenters. The van der Waals surface area contributed by atoms with Crippen LogP contribution in [0.3, 0.4) is 0 Å². The fourth-order valence-corrected chi connectivity index (χ4v) is 5.85. The molecule has 9 heteroatoms. The average Bonchev–Trinajstić information content (AvgIpc) is 3.53. The summed E-state index contributed by atoms with van der Waals surface area (Å²) in [5.41, 5.74) is 1.83. The van der Waals surface area contributed by atoms with Crippen molar-refractivity contribution in [3.63, 3.8) is 0 Å². The second-order valence-corrected chi connectivity index (χ2v) is 9.15. The molecule has 4 aromatic heterocycles. The van der Waals surface area contributed by atoms with Gasteiger partial charge < -0.3 is 4.42 Å². The van der Waals surface area contributed by atoms with Gasteiger partial charge in [0.05, 0.1) is 11.1 Å². The molecule has 5 rings (SSSR count). The van der Waals surface area contributed by atoms with E-state index in [0.29, 0.717) is 34.6 Å². The summed E-state index contributed by atoms with van der Waals surface area (Å²) in [7, 11) is 0. The van der Waals surface area contributed by atoms with Crippen LogP contribution in [0.25, 0.3) is 32.1 Å². The van der Waals surface area contributed by atoms with Gasteiger partial charge in [0.2, 0.25) is 11.8 Å². The van der Waals surface area contributed by atoms with Crippen LogP contribution < -0.4 is 5.56 Å². The molecule has 0 saturated heterocycles. The molecule has 0 bridgehead atoms. The van der Waals surface area contributed by atoms with Crippen molar-refractivity contribution in [3.05, 3.63) is 69.5 Å². The van der Waals surface area contributed by atoms with E-state index in [-0.39, 0.29) is 5.56 Å². The third kappa shape index (κ3) is 3.49. The maximum absolute atomic E-state index is 13.2. The van der Waals surface area contributed by atoms with Crippen molar-refractivity contribution in [2.75, 3.05) is 0 Å². The van der Waals surface area contributed by atoms with Gasteiger partial charge in [0, 0.05) is 27.9 Å². The fraction of sp³-hybridized carbons (Fsp3) is 0.143. The highest BCUT2D eigenvalue weighted by molar-refractivity contribution is 7.98. The van der Waals surface area contributed by atoms with Crippen LogP contribution in [0.15, 0.2) is 67.6 Å². The molecule has 30 heavy (non-hydrogen) atoms. The van der Waals surface area contributed by atoms with E-state index in [1.165, 1.54) is 23.1 Å². The predicted octanol–water partition coefficient (Wildman–Crippen LogP) is 5.55. The second-order valence-electron chi connectivity index (χ2n) is 6.41. The minimum absolute atomic E-state index is 0.00912.